The molecule has 14 heavy (non-hydrogen) atoms. The number of alkyl halides is 2. The van der Waals surface area contributed by atoms with Crippen LogP contribution in [0.1, 0.15) is 20.3 Å². The molecule has 0 fully saturated rings. The minimum absolute atomic E-state index is 0.126. The van der Waals surface area contributed by atoms with Gasteiger partial charge in [0, 0.05) is 19.5 Å². The SMILES string of the molecule is CC(C)C(N)CC(=O)N(C)CC(F)F. The third-order valence-corrected chi connectivity index (χ3v) is 2.10. The molecule has 0 aromatic carbocycles. The van der Waals surface area contributed by atoms with E-state index in [9.17, 15) is 13.6 Å². The molecule has 0 aromatic heterocycles. The van der Waals surface area contributed by atoms with E-state index in [1.54, 1.807) is 0 Å². The van der Waals surface area contributed by atoms with E-state index in [0.29, 0.717) is 0 Å². The van der Waals surface area contributed by atoms with Gasteiger partial charge in [-0.1, -0.05) is 13.8 Å². The lowest BCUT2D eigenvalue weighted by atomic mass is 10.0. The van der Waals surface area contributed by atoms with Gasteiger partial charge in [-0.2, -0.15) is 0 Å². The van der Waals surface area contributed by atoms with Crippen molar-refractivity contribution < 1.29 is 13.6 Å². The molecule has 0 aliphatic carbocycles. The molecule has 0 bridgehead atoms. The van der Waals surface area contributed by atoms with E-state index in [-0.39, 0.29) is 24.3 Å². The zero-order chi connectivity index (χ0) is 11.3. The second-order valence-corrected chi connectivity index (χ2v) is 3.78. The predicted octanol–water partition coefficient (Wildman–Crippen LogP) is 1.08. The summed E-state index contributed by atoms with van der Waals surface area (Å²) in [5, 5.41) is 0. The average Bonchev–Trinajstić information content (AvgIpc) is 2.02. The fourth-order valence-electron chi connectivity index (χ4n) is 0.902. The van der Waals surface area contributed by atoms with E-state index in [0.717, 1.165) is 4.90 Å². The Labute approximate surface area is 83.3 Å². The van der Waals surface area contributed by atoms with E-state index in [1.807, 2.05) is 13.8 Å². The molecule has 84 valence electrons. The number of hydrogen-bond donors (Lipinski definition) is 1. The second-order valence-electron chi connectivity index (χ2n) is 3.78. The fourth-order valence-corrected chi connectivity index (χ4v) is 0.902. The first-order valence-corrected chi connectivity index (χ1v) is 4.62. The number of hydrogen-bond acceptors (Lipinski definition) is 2. The van der Waals surface area contributed by atoms with Crippen LogP contribution in [0.3, 0.4) is 0 Å². The number of carbonyl (C=O) groups is 1. The zero-order valence-corrected chi connectivity index (χ0v) is 8.84. The van der Waals surface area contributed by atoms with Crippen LogP contribution in [0.25, 0.3) is 0 Å². The van der Waals surface area contributed by atoms with Gasteiger partial charge < -0.3 is 10.6 Å². The van der Waals surface area contributed by atoms with E-state index >= 15 is 0 Å². The minimum atomic E-state index is -2.49. The number of rotatable bonds is 5. The number of amides is 1. The third kappa shape index (κ3) is 5.11. The van der Waals surface area contributed by atoms with Gasteiger partial charge in [0.1, 0.15) is 0 Å². The van der Waals surface area contributed by atoms with Crippen LogP contribution in [0.5, 0.6) is 0 Å². The Hall–Kier alpha value is -0.710. The van der Waals surface area contributed by atoms with Crippen molar-refractivity contribution in [3.8, 4) is 0 Å². The quantitative estimate of drug-likeness (QED) is 0.735. The molecule has 5 heteroatoms. The Kier molecular flexibility index (Phi) is 5.60. The molecule has 3 nitrogen and oxygen atoms in total. The van der Waals surface area contributed by atoms with Crippen LogP contribution < -0.4 is 5.73 Å². The van der Waals surface area contributed by atoms with Crippen LogP contribution >= 0.6 is 0 Å². The van der Waals surface area contributed by atoms with E-state index in [1.165, 1.54) is 7.05 Å². The highest BCUT2D eigenvalue weighted by Crippen LogP contribution is 2.06. The first-order chi connectivity index (χ1) is 6.34. The molecule has 1 atom stereocenters. The highest BCUT2D eigenvalue weighted by Gasteiger charge is 2.18. The van der Waals surface area contributed by atoms with Crippen molar-refractivity contribution in [1.29, 1.82) is 0 Å². The standard InChI is InChI=1S/C9H18F2N2O/c1-6(2)7(12)4-9(14)13(3)5-8(10)11/h6-8H,4-5,12H2,1-3H3. The van der Waals surface area contributed by atoms with Crippen LogP contribution in [-0.2, 0) is 4.79 Å². The smallest absolute Gasteiger partial charge is 0.255 e. The highest BCUT2D eigenvalue weighted by molar-refractivity contribution is 5.76. The summed E-state index contributed by atoms with van der Waals surface area (Å²) in [5.74, 6) is -0.148. The molecule has 0 aliphatic rings. The van der Waals surface area contributed by atoms with Crippen molar-refractivity contribution in [3.63, 3.8) is 0 Å². The van der Waals surface area contributed by atoms with Crippen molar-refractivity contribution in [1.82, 2.24) is 4.90 Å². The van der Waals surface area contributed by atoms with E-state index < -0.39 is 13.0 Å². The molecule has 0 spiro atoms. The Morgan fingerprint density at radius 1 is 1.43 bits per heavy atom. The molecule has 1 amide bonds. The molecular weight excluding hydrogens is 190 g/mol. The predicted molar refractivity (Wildman–Crippen MR) is 51.1 cm³/mol. The number of halogens is 2. The van der Waals surface area contributed by atoms with Gasteiger partial charge in [0.05, 0.1) is 6.54 Å². The van der Waals surface area contributed by atoms with Crippen molar-refractivity contribution in [2.75, 3.05) is 13.6 Å². The molecule has 0 heterocycles. The largest absolute Gasteiger partial charge is 0.340 e. The lowest BCUT2D eigenvalue weighted by Crippen LogP contribution is -2.37. The van der Waals surface area contributed by atoms with Gasteiger partial charge in [0.15, 0.2) is 0 Å². The molecule has 0 aliphatic heterocycles. The molecule has 1 unspecified atom stereocenters. The fraction of sp³-hybridized carbons (Fsp3) is 0.889. The third-order valence-electron chi connectivity index (χ3n) is 2.10. The summed E-state index contributed by atoms with van der Waals surface area (Å²) in [6.45, 7) is 3.26. The first kappa shape index (κ1) is 13.3. The van der Waals surface area contributed by atoms with Gasteiger partial charge in [0.2, 0.25) is 5.91 Å². The molecule has 0 radical (unpaired) electrons. The van der Waals surface area contributed by atoms with Gasteiger partial charge in [-0.05, 0) is 5.92 Å². The van der Waals surface area contributed by atoms with Crippen molar-refractivity contribution >= 4 is 5.91 Å². The number of nitrogens with two attached hydrogens (primary N) is 1. The molecule has 0 saturated heterocycles. The monoisotopic (exact) mass is 208 g/mol. The van der Waals surface area contributed by atoms with Gasteiger partial charge in [-0.25, -0.2) is 8.78 Å². The van der Waals surface area contributed by atoms with Gasteiger partial charge in [-0.3, -0.25) is 4.79 Å². The Morgan fingerprint density at radius 2 is 1.93 bits per heavy atom. The van der Waals surface area contributed by atoms with Gasteiger partial charge >= 0.3 is 0 Å². The molecule has 0 saturated carbocycles. The maximum atomic E-state index is 11.9. The van der Waals surface area contributed by atoms with Crippen molar-refractivity contribution in [2.45, 2.75) is 32.7 Å². The topological polar surface area (TPSA) is 46.3 Å². The highest BCUT2D eigenvalue weighted by atomic mass is 19.3. The lowest BCUT2D eigenvalue weighted by molar-refractivity contribution is -0.132. The van der Waals surface area contributed by atoms with E-state index in [4.69, 9.17) is 5.73 Å². The molecular formula is C9H18F2N2O. The molecule has 0 aromatic rings. The summed E-state index contributed by atoms with van der Waals surface area (Å²) >= 11 is 0. The number of carbonyl (C=O) groups excluding carboxylic acids is 1. The van der Waals surface area contributed by atoms with Gasteiger partial charge in [0.25, 0.3) is 6.43 Å². The van der Waals surface area contributed by atoms with Crippen molar-refractivity contribution in [3.05, 3.63) is 0 Å². The minimum Gasteiger partial charge on any atom is -0.340 e. The summed E-state index contributed by atoms with van der Waals surface area (Å²) < 4.78 is 23.8. The van der Waals surface area contributed by atoms with E-state index in [2.05, 4.69) is 0 Å². The van der Waals surface area contributed by atoms with Crippen LogP contribution in [0.2, 0.25) is 0 Å². The van der Waals surface area contributed by atoms with Crippen LogP contribution in [-0.4, -0.2) is 36.9 Å². The molecule has 0 rings (SSSR count). The summed E-state index contributed by atoms with van der Waals surface area (Å²) in [5.41, 5.74) is 5.65. The maximum absolute atomic E-state index is 11.9. The Bertz CT molecular complexity index is 186. The van der Waals surface area contributed by atoms with Crippen molar-refractivity contribution in [2.24, 2.45) is 11.7 Å². The zero-order valence-electron chi connectivity index (χ0n) is 8.84. The van der Waals surface area contributed by atoms with Gasteiger partial charge in [-0.15, -0.1) is 0 Å². The summed E-state index contributed by atoms with van der Waals surface area (Å²) in [4.78, 5) is 12.3. The normalized spacial score (nSPS) is 13.4. The van der Waals surface area contributed by atoms with Crippen LogP contribution in [0.15, 0.2) is 0 Å². The maximum Gasteiger partial charge on any atom is 0.255 e. The van der Waals surface area contributed by atoms with Crippen LogP contribution in [0, 0.1) is 5.92 Å². The first-order valence-electron chi connectivity index (χ1n) is 4.62. The number of nitrogens with zero attached hydrogens (tertiary/aromatic N) is 1. The lowest BCUT2D eigenvalue weighted by Gasteiger charge is -2.20. The summed E-state index contributed by atoms with van der Waals surface area (Å²) in [7, 11) is 1.36. The summed E-state index contributed by atoms with van der Waals surface area (Å²) in [6, 6.07) is -0.261. The Balaban J connectivity index is 3.95. The summed E-state index contributed by atoms with van der Waals surface area (Å²) in [6.07, 6.45) is -2.36. The Morgan fingerprint density at radius 3 is 2.29 bits per heavy atom. The molecule has 2 N–H and O–H groups in total. The average molecular weight is 208 g/mol. The van der Waals surface area contributed by atoms with Crippen LogP contribution in [0.4, 0.5) is 8.78 Å². The second kappa shape index (κ2) is 5.90.